The van der Waals surface area contributed by atoms with Gasteiger partial charge in [-0.15, -0.1) is 0 Å². The molecule has 0 saturated carbocycles. The normalized spacial score (nSPS) is 46.2. The predicted molar refractivity (Wildman–Crippen MR) is 149 cm³/mol. The number of ether oxygens (including phenoxy) is 5. The van der Waals surface area contributed by atoms with Gasteiger partial charge in [0.25, 0.3) is 0 Å². The van der Waals surface area contributed by atoms with Crippen LogP contribution in [0.3, 0.4) is 0 Å². The Kier molecular flexibility index (Phi) is 10.3. The molecule has 41 heavy (non-hydrogen) atoms. The molecule has 12 atom stereocenters. The van der Waals surface area contributed by atoms with Crippen molar-refractivity contribution in [2.75, 3.05) is 14.2 Å². The zero-order valence-electron chi connectivity index (χ0n) is 26.1. The molecule has 0 aliphatic carbocycles. The van der Waals surface area contributed by atoms with Crippen molar-refractivity contribution in [3.05, 3.63) is 11.6 Å². The molecule has 0 radical (unpaired) electrons. The quantitative estimate of drug-likeness (QED) is 0.475. The molecule has 2 fully saturated rings. The number of ketones is 1. The van der Waals surface area contributed by atoms with Crippen LogP contribution < -0.4 is 0 Å². The monoisotopic (exact) mass is 583 g/mol. The lowest BCUT2D eigenvalue weighted by molar-refractivity contribution is -0.291. The molecular formula is C30H49NO10. The molecule has 11 heteroatoms. The molecule has 0 aromatic carbocycles. The van der Waals surface area contributed by atoms with E-state index in [4.69, 9.17) is 23.7 Å². The first-order valence-corrected chi connectivity index (χ1v) is 14.6. The second-order valence-electron chi connectivity index (χ2n) is 12.6. The van der Waals surface area contributed by atoms with Gasteiger partial charge in [0, 0.05) is 26.0 Å². The fourth-order valence-corrected chi connectivity index (χ4v) is 6.59. The van der Waals surface area contributed by atoms with E-state index in [9.17, 15) is 24.6 Å². The third kappa shape index (κ3) is 6.80. The van der Waals surface area contributed by atoms with Gasteiger partial charge < -0.3 is 38.8 Å². The standard InChI is InChI=1S/C30H49NO10/c1-11-21-29(7,36)13-15(2)22(32)16(3)14-30(8,37-10)25(18(5)23(33)19(6)26(34)39-21)41-27-24-20(12-17(4)38-27)31(9)28(35)40-24/h13,16-21,23-25,27,33,36H,11-12,14H2,1-10H3/b15-13+/t16-,17?,18?,19?,20?,21?,23?,24-,25-,27?,29+,30-/m1/s1. The molecule has 3 aliphatic heterocycles. The van der Waals surface area contributed by atoms with Crippen LogP contribution in [0.5, 0.6) is 0 Å². The summed E-state index contributed by atoms with van der Waals surface area (Å²) in [5.74, 6) is -3.16. The van der Waals surface area contributed by atoms with Crippen molar-refractivity contribution < 1.29 is 48.3 Å². The minimum atomic E-state index is -1.60. The lowest BCUT2D eigenvalue weighted by atomic mass is 9.76. The summed E-state index contributed by atoms with van der Waals surface area (Å²) in [6.07, 6.45) is -2.98. The number of methoxy groups -OCH3 is 1. The number of cyclic esters (lactones) is 1. The van der Waals surface area contributed by atoms with E-state index in [0.29, 0.717) is 18.4 Å². The fraction of sp³-hybridized carbons (Fsp3) is 0.833. The van der Waals surface area contributed by atoms with E-state index in [1.165, 1.54) is 25.0 Å². The first-order chi connectivity index (χ1) is 19.0. The Morgan fingerprint density at radius 3 is 2.34 bits per heavy atom. The van der Waals surface area contributed by atoms with Gasteiger partial charge in [-0.2, -0.15) is 0 Å². The Morgan fingerprint density at radius 1 is 1.12 bits per heavy atom. The third-order valence-electron chi connectivity index (χ3n) is 9.20. The van der Waals surface area contributed by atoms with Gasteiger partial charge in [0.1, 0.15) is 11.7 Å². The first-order valence-electron chi connectivity index (χ1n) is 14.6. The van der Waals surface area contributed by atoms with E-state index in [2.05, 4.69) is 0 Å². The highest BCUT2D eigenvalue weighted by atomic mass is 16.7. The molecule has 0 bridgehead atoms. The number of carbonyl (C=O) groups excluding carboxylic acids is 3. The molecule has 2 saturated heterocycles. The maximum atomic E-state index is 13.5. The van der Waals surface area contributed by atoms with E-state index >= 15 is 0 Å². The Labute approximate surface area is 243 Å². The number of aliphatic hydroxyl groups excluding tert-OH is 1. The second-order valence-corrected chi connectivity index (χ2v) is 12.6. The Hall–Kier alpha value is -2.05. The van der Waals surface area contributed by atoms with Crippen LogP contribution in [0.2, 0.25) is 0 Å². The summed E-state index contributed by atoms with van der Waals surface area (Å²) in [5.41, 5.74) is -2.41. The summed E-state index contributed by atoms with van der Waals surface area (Å²) < 4.78 is 30.1. The Bertz CT molecular complexity index is 1010. The van der Waals surface area contributed by atoms with Crippen molar-refractivity contribution in [2.24, 2.45) is 17.8 Å². The van der Waals surface area contributed by atoms with Gasteiger partial charge in [-0.25, -0.2) is 4.79 Å². The van der Waals surface area contributed by atoms with Crippen molar-refractivity contribution in [2.45, 2.75) is 129 Å². The summed E-state index contributed by atoms with van der Waals surface area (Å²) in [6.45, 7) is 13.7. The predicted octanol–water partition coefficient (Wildman–Crippen LogP) is 2.99. The van der Waals surface area contributed by atoms with Gasteiger partial charge in [0.2, 0.25) is 0 Å². The van der Waals surface area contributed by atoms with Crippen LogP contribution in [0.25, 0.3) is 0 Å². The largest absolute Gasteiger partial charge is 0.459 e. The van der Waals surface area contributed by atoms with Crippen LogP contribution in [-0.2, 0) is 33.3 Å². The first kappa shape index (κ1) is 33.5. The SMILES string of the molecule is CCC1OC(=O)C(C)C(O)C(C)[C@@H](OC2OC(C)CC3[C@H]2OC(=O)N3C)[C@](C)(OC)C[C@@H](C)C(=O)/C(C)=C/[C@]1(C)O. The topological polar surface area (TPSA) is 141 Å². The van der Waals surface area contributed by atoms with E-state index in [0.717, 1.165) is 0 Å². The number of rotatable bonds is 4. The summed E-state index contributed by atoms with van der Waals surface area (Å²) in [6, 6.07) is -0.259. The Morgan fingerprint density at radius 2 is 1.76 bits per heavy atom. The van der Waals surface area contributed by atoms with E-state index in [-0.39, 0.29) is 24.3 Å². The smallest absolute Gasteiger partial charge is 0.410 e. The molecule has 0 aromatic heterocycles. The number of fused-ring (bicyclic) bond motifs is 1. The van der Waals surface area contributed by atoms with Crippen molar-refractivity contribution >= 4 is 17.8 Å². The second kappa shape index (κ2) is 12.7. The highest BCUT2D eigenvalue weighted by molar-refractivity contribution is 5.96. The summed E-state index contributed by atoms with van der Waals surface area (Å²) in [7, 11) is 3.18. The number of nitrogens with zero attached hydrogens (tertiary/aromatic N) is 1. The zero-order valence-corrected chi connectivity index (χ0v) is 26.1. The zero-order chi connectivity index (χ0) is 31.0. The highest BCUT2D eigenvalue weighted by Gasteiger charge is 2.53. The van der Waals surface area contributed by atoms with Crippen LogP contribution in [-0.4, -0.2) is 101 Å². The number of carbonyl (C=O) groups is 3. The molecule has 0 aromatic rings. The minimum Gasteiger partial charge on any atom is -0.459 e. The van der Waals surface area contributed by atoms with E-state index in [1.54, 1.807) is 48.6 Å². The van der Waals surface area contributed by atoms with Crippen LogP contribution in [0.15, 0.2) is 11.6 Å². The highest BCUT2D eigenvalue weighted by Crippen LogP contribution is 2.40. The maximum Gasteiger partial charge on any atom is 0.410 e. The molecule has 2 N–H and O–H groups in total. The van der Waals surface area contributed by atoms with Gasteiger partial charge in [-0.05, 0) is 65.5 Å². The molecular weight excluding hydrogens is 534 g/mol. The van der Waals surface area contributed by atoms with Crippen LogP contribution >= 0.6 is 0 Å². The van der Waals surface area contributed by atoms with Crippen molar-refractivity contribution in [3.8, 4) is 0 Å². The number of aliphatic hydroxyl groups is 2. The summed E-state index contributed by atoms with van der Waals surface area (Å²) in [5, 5.41) is 22.7. The van der Waals surface area contributed by atoms with Gasteiger partial charge >= 0.3 is 12.1 Å². The van der Waals surface area contributed by atoms with E-state index < -0.39 is 71.7 Å². The molecule has 1 amide bonds. The Balaban J connectivity index is 2.07. The fourth-order valence-electron chi connectivity index (χ4n) is 6.59. The molecule has 3 aliphatic rings. The number of esters is 1. The van der Waals surface area contributed by atoms with Crippen LogP contribution in [0.4, 0.5) is 4.79 Å². The minimum absolute atomic E-state index is 0.198. The number of hydrogen-bond donors (Lipinski definition) is 2. The molecule has 0 spiro atoms. The maximum absolute atomic E-state index is 13.5. The number of likely N-dealkylation sites (N-methyl/N-ethyl adjacent to an activating group) is 1. The number of amides is 1. The summed E-state index contributed by atoms with van der Waals surface area (Å²) in [4.78, 5) is 40.7. The number of allylic oxidation sites excluding steroid dienone is 1. The van der Waals surface area contributed by atoms with Gasteiger partial charge in [0.15, 0.2) is 18.2 Å². The van der Waals surface area contributed by atoms with Crippen LogP contribution in [0, 0.1) is 17.8 Å². The summed E-state index contributed by atoms with van der Waals surface area (Å²) >= 11 is 0. The van der Waals surface area contributed by atoms with Crippen molar-refractivity contribution in [1.29, 1.82) is 0 Å². The van der Waals surface area contributed by atoms with Crippen LogP contribution in [0.1, 0.15) is 74.7 Å². The lowest BCUT2D eigenvalue weighted by Crippen LogP contribution is -2.58. The third-order valence-corrected chi connectivity index (χ3v) is 9.20. The average molecular weight is 584 g/mol. The molecule has 3 rings (SSSR count). The lowest BCUT2D eigenvalue weighted by Gasteiger charge is -2.46. The molecule has 11 nitrogen and oxygen atoms in total. The van der Waals surface area contributed by atoms with E-state index in [1.807, 2.05) is 6.92 Å². The van der Waals surface area contributed by atoms with Gasteiger partial charge in [0.05, 0.1) is 35.9 Å². The van der Waals surface area contributed by atoms with Crippen molar-refractivity contribution in [1.82, 2.24) is 4.90 Å². The number of hydrogen-bond acceptors (Lipinski definition) is 10. The number of Topliss-reactive ketones (excluding diaryl/α,β-unsaturated/α-hetero) is 1. The van der Waals surface area contributed by atoms with Crippen molar-refractivity contribution in [3.63, 3.8) is 0 Å². The van der Waals surface area contributed by atoms with Gasteiger partial charge in [-0.1, -0.05) is 20.8 Å². The molecule has 234 valence electrons. The average Bonchev–Trinajstić information content (AvgIpc) is 3.20. The molecule has 7 unspecified atom stereocenters. The van der Waals surface area contributed by atoms with Gasteiger partial charge in [-0.3, -0.25) is 9.59 Å². The molecule has 3 heterocycles.